The molecule has 16 heavy (non-hydrogen) atoms. The molecule has 1 aromatic rings. The molecule has 1 N–H and O–H groups in total. The van der Waals surface area contributed by atoms with Crippen LogP contribution < -0.4 is 5.32 Å². The van der Waals surface area contributed by atoms with Crippen LogP contribution in [0.3, 0.4) is 0 Å². The van der Waals surface area contributed by atoms with Gasteiger partial charge in [0, 0.05) is 23.0 Å². The second-order valence-electron chi connectivity index (χ2n) is 4.72. The Morgan fingerprint density at radius 3 is 2.88 bits per heavy atom. The van der Waals surface area contributed by atoms with Crippen LogP contribution in [0.1, 0.15) is 67.8 Å². The lowest BCUT2D eigenvalue weighted by Crippen LogP contribution is -2.16. The van der Waals surface area contributed by atoms with E-state index in [2.05, 4.69) is 30.3 Å². The molecular formula is C13H22N2S. The Bertz CT molecular complexity index is 315. The van der Waals surface area contributed by atoms with E-state index in [1.165, 1.54) is 42.0 Å². The molecule has 3 heteroatoms. The van der Waals surface area contributed by atoms with E-state index in [-0.39, 0.29) is 0 Å². The third-order valence-electron chi connectivity index (χ3n) is 3.43. The SMILES string of the molecule is CCNC(C)c1cnc(C2CCCCC2)s1. The van der Waals surface area contributed by atoms with E-state index in [0.29, 0.717) is 6.04 Å². The molecule has 0 aromatic carbocycles. The Labute approximate surface area is 102 Å². The molecule has 90 valence electrons. The molecule has 0 bridgehead atoms. The summed E-state index contributed by atoms with van der Waals surface area (Å²) in [5.41, 5.74) is 0. The van der Waals surface area contributed by atoms with E-state index in [4.69, 9.17) is 0 Å². The highest BCUT2D eigenvalue weighted by Gasteiger charge is 2.19. The van der Waals surface area contributed by atoms with Gasteiger partial charge in [-0.3, -0.25) is 0 Å². The number of nitrogens with one attached hydrogen (secondary N) is 1. The number of nitrogens with zero attached hydrogens (tertiary/aromatic N) is 1. The van der Waals surface area contributed by atoms with Gasteiger partial charge in [0.1, 0.15) is 0 Å². The molecule has 2 nitrogen and oxygen atoms in total. The average Bonchev–Trinajstić information content (AvgIpc) is 2.80. The van der Waals surface area contributed by atoms with Crippen LogP contribution in [-0.2, 0) is 0 Å². The van der Waals surface area contributed by atoms with Gasteiger partial charge in [0.25, 0.3) is 0 Å². The summed E-state index contributed by atoms with van der Waals surface area (Å²) in [5, 5.41) is 4.82. The number of aromatic nitrogens is 1. The first-order valence-corrected chi connectivity index (χ1v) is 7.32. The van der Waals surface area contributed by atoms with Crippen LogP contribution in [0, 0.1) is 0 Å². The average molecular weight is 238 g/mol. The topological polar surface area (TPSA) is 24.9 Å². The molecule has 1 unspecified atom stereocenters. The van der Waals surface area contributed by atoms with Gasteiger partial charge in [-0.05, 0) is 26.3 Å². The Morgan fingerprint density at radius 1 is 1.44 bits per heavy atom. The predicted molar refractivity (Wildman–Crippen MR) is 70.0 cm³/mol. The van der Waals surface area contributed by atoms with Crippen molar-refractivity contribution in [3.63, 3.8) is 0 Å². The molecule has 0 spiro atoms. The molecule has 0 saturated heterocycles. The summed E-state index contributed by atoms with van der Waals surface area (Å²) in [7, 11) is 0. The smallest absolute Gasteiger partial charge is 0.0959 e. The van der Waals surface area contributed by atoms with Crippen LogP contribution in [-0.4, -0.2) is 11.5 Å². The number of rotatable bonds is 4. The van der Waals surface area contributed by atoms with Crippen LogP contribution in [0.25, 0.3) is 0 Å². The summed E-state index contributed by atoms with van der Waals surface area (Å²) in [5.74, 6) is 0.751. The lowest BCUT2D eigenvalue weighted by atomic mass is 9.90. The van der Waals surface area contributed by atoms with Crippen LogP contribution >= 0.6 is 11.3 Å². The third-order valence-corrected chi connectivity index (χ3v) is 4.78. The van der Waals surface area contributed by atoms with Gasteiger partial charge in [0.05, 0.1) is 5.01 Å². The molecule has 1 atom stereocenters. The molecule has 2 rings (SSSR count). The highest BCUT2D eigenvalue weighted by Crippen LogP contribution is 2.35. The van der Waals surface area contributed by atoms with Gasteiger partial charge in [-0.25, -0.2) is 4.98 Å². The minimum absolute atomic E-state index is 0.458. The van der Waals surface area contributed by atoms with Crippen molar-refractivity contribution in [1.29, 1.82) is 0 Å². The van der Waals surface area contributed by atoms with Gasteiger partial charge in [-0.15, -0.1) is 11.3 Å². The minimum atomic E-state index is 0.458. The Morgan fingerprint density at radius 2 is 2.19 bits per heavy atom. The van der Waals surface area contributed by atoms with Gasteiger partial charge in [-0.1, -0.05) is 26.2 Å². The molecule has 0 radical (unpaired) electrons. The van der Waals surface area contributed by atoms with Crippen LogP contribution in [0.5, 0.6) is 0 Å². The molecule has 1 heterocycles. The molecule has 1 aliphatic rings. The normalized spacial score (nSPS) is 19.9. The van der Waals surface area contributed by atoms with E-state index in [0.717, 1.165) is 12.5 Å². The van der Waals surface area contributed by atoms with Gasteiger partial charge >= 0.3 is 0 Å². The molecule has 1 saturated carbocycles. The quantitative estimate of drug-likeness (QED) is 0.861. The lowest BCUT2D eigenvalue weighted by molar-refractivity contribution is 0.442. The van der Waals surface area contributed by atoms with Gasteiger partial charge < -0.3 is 5.32 Å². The van der Waals surface area contributed by atoms with Crippen molar-refractivity contribution in [3.05, 3.63) is 16.1 Å². The number of thiazole rings is 1. The Hall–Kier alpha value is -0.410. The predicted octanol–water partition coefficient (Wildman–Crippen LogP) is 3.86. The van der Waals surface area contributed by atoms with Gasteiger partial charge in [0.2, 0.25) is 0 Å². The largest absolute Gasteiger partial charge is 0.310 e. The maximum Gasteiger partial charge on any atom is 0.0959 e. The van der Waals surface area contributed by atoms with Crippen molar-refractivity contribution in [3.8, 4) is 0 Å². The van der Waals surface area contributed by atoms with Crippen molar-refractivity contribution < 1.29 is 0 Å². The first-order chi connectivity index (χ1) is 7.81. The maximum absolute atomic E-state index is 4.62. The fourth-order valence-electron chi connectivity index (χ4n) is 2.45. The minimum Gasteiger partial charge on any atom is -0.310 e. The fraction of sp³-hybridized carbons (Fsp3) is 0.769. The Kier molecular flexibility index (Phi) is 4.36. The van der Waals surface area contributed by atoms with E-state index in [1.807, 2.05) is 11.3 Å². The van der Waals surface area contributed by atoms with Crippen LogP contribution in [0.4, 0.5) is 0 Å². The zero-order chi connectivity index (χ0) is 11.4. The zero-order valence-corrected chi connectivity index (χ0v) is 11.1. The highest BCUT2D eigenvalue weighted by molar-refractivity contribution is 7.11. The zero-order valence-electron chi connectivity index (χ0n) is 10.3. The Balaban J connectivity index is 2.00. The maximum atomic E-state index is 4.62. The number of hydrogen-bond acceptors (Lipinski definition) is 3. The molecular weight excluding hydrogens is 216 g/mol. The van der Waals surface area contributed by atoms with Crippen molar-refractivity contribution in [1.82, 2.24) is 10.3 Å². The van der Waals surface area contributed by atoms with Gasteiger partial charge in [0.15, 0.2) is 0 Å². The van der Waals surface area contributed by atoms with Crippen molar-refractivity contribution in [2.75, 3.05) is 6.54 Å². The standard InChI is InChI=1S/C13H22N2S/c1-3-14-10(2)12-9-15-13(16-12)11-7-5-4-6-8-11/h9-11,14H,3-8H2,1-2H3. The summed E-state index contributed by atoms with van der Waals surface area (Å²) < 4.78 is 0. The molecule has 1 fully saturated rings. The summed E-state index contributed by atoms with van der Waals surface area (Å²) in [6.07, 6.45) is 8.97. The molecule has 0 amide bonds. The second kappa shape index (κ2) is 5.78. The number of hydrogen-bond donors (Lipinski definition) is 1. The first-order valence-electron chi connectivity index (χ1n) is 6.50. The molecule has 0 aliphatic heterocycles. The third kappa shape index (κ3) is 2.83. The fourth-order valence-corrected chi connectivity index (χ4v) is 3.56. The van der Waals surface area contributed by atoms with Crippen molar-refractivity contribution >= 4 is 11.3 Å². The van der Waals surface area contributed by atoms with Gasteiger partial charge in [-0.2, -0.15) is 0 Å². The van der Waals surface area contributed by atoms with Crippen molar-refractivity contribution in [2.24, 2.45) is 0 Å². The summed E-state index contributed by atoms with van der Waals surface area (Å²) in [6, 6.07) is 0.458. The van der Waals surface area contributed by atoms with Crippen LogP contribution in [0.2, 0.25) is 0 Å². The lowest BCUT2D eigenvalue weighted by Gasteiger charge is -2.19. The van der Waals surface area contributed by atoms with E-state index < -0.39 is 0 Å². The summed E-state index contributed by atoms with van der Waals surface area (Å²) in [6.45, 7) is 5.40. The first kappa shape index (κ1) is 12.1. The van der Waals surface area contributed by atoms with Crippen molar-refractivity contribution in [2.45, 2.75) is 57.9 Å². The summed E-state index contributed by atoms with van der Waals surface area (Å²) in [4.78, 5) is 6.01. The molecule has 1 aliphatic carbocycles. The van der Waals surface area contributed by atoms with E-state index in [1.54, 1.807) is 0 Å². The van der Waals surface area contributed by atoms with E-state index >= 15 is 0 Å². The van der Waals surface area contributed by atoms with Crippen LogP contribution in [0.15, 0.2) is 6.20 Å². The monoisotopic (exact) mass is 238 g/mol. The van der Waals surface area contributed by atoms with E-state index in [9.17, 15) is 0 Å². The summed E-state index contributed by atoms with van der Waals surface area (Å²) >= 11 is 1.91. The highest BCUT2D eigenvalue weighted by atomic mass is 32.1. The second-order valence-corrected chi connectivity index (χ2v) is 5.81. The molecule has 1 aromatic heterocycles.